The predicted molar refractivity (Wildman–Crippen MR) is 82.1 cm³/mol. The van der Waals surface area contributed by atoms with E-state index in [1.54, 1.807) is 6.08 Å². The zero-order chi connectivity index (χ0) is 15.6. The van der Waals surface area contributed by atoms with Crippen LogP contribution in [0.4, 0.5) is 0 Å². The van der Waals surface area contributed by atoms with Gasteiger partial charge in [-0.15, -0.1) is 0 Å². The van der Waals surface area contributed by atoms with Gasteiger partial charge in [0.15, 0.2) is 9.84 Å². The van der Waals surface area contributed by atoms with Crippen LogP contribution < -0.4 is 0 Å². The van der Waals surface area contributed by atoms with Crippen LogP contribution in [0.5, 0.6) is 0 Å². The molecule has 0 aliphatic heterocycles. The molecule has 0 unspecified atom stereocenters. The SMILES string of the molecule is CS(=O)(=O)c1ccc(/C(=C\C2CCCC2)C(=O)O)cc1Cl. The molecular weight excluding hydrogens is 312 g/mol. The third-order valence-electron chi connectivity index (χ3n) is 3.67. The number of carboxylic acid groups (broad SMARTS) is 1. The number of halogens is 1. The largest absolute Gasteiger partial charge is 0.478 e. The van der Waals surface area contributed by atoms with Gasteiger partial charge < -0.3 is 5.11 Å². The van der Waals surface area contributed by atoms with Crippen molar-refractivity contribution >= 4 is 33.0 Å². The first-order chi connectivity index (χ1) is 9.79. The Morgan fingerprint density at radius 3 is 2.43 bits per heavy atom. The van der Waals surface area contributed by atoms with Gasteiger partial charge in [0, 0.05) is 6.26 Å². The Hall–Kier alpha value is -1.33. The fourth-order valence-corrected chi connectivity index (χ4v) is 3.95. The molecule has 2 rings (SSSR count). The number of sulfone groups is 1. The maximum Gasteiger partial charge on any atom is 0.335 e. The minimum Gasteiger partial charge on any atom is -0.478 e. The molecule has 0 bridgehead atoms. The second-order valence-electron chi connectivity index (χ2n) is 5.35. The molecular formula is C15H17ClO4S. The number of rotatable bonds is 4. The van der Waals surface area contributed by atoms with Crippen LogP contribution in [-0.2, 0) is 14.6 Å². The normalized spacial score (nSPS) is 17.1. The van der Waals surface area contributed by atoms with E-state index in [0.29, 0.717) is 5.56 Å². The van der Waals surface area contributed by atoms with Crippen LogP contribution in [0.3, 0.4) is 0 Å². The molecule has 1 saturated carbocycles. The Morgan fingerprint density at radius 2 is 1.95 bits per heavy atom. The summed E-state index contributed by atoms with van der Waals surface area (Å²) in [5.41, 5.74) is 0.621. The summed E-state index contributed by atoms with van der Waals surface area (Å²) < 4.78 is 23.1. The average molecular weight is 329 g/mol. The average Bonchev–Trinajstić information content (AvgIpc) is 2.86. The van der Waals surface area contributed by atoms with Gasteiger partial charge in [-0.05, 0) is 36.5 Å². The van der Waals surface area contributed by atoms with E-state index in [0.717, 1.165) is 31.9 Å². The molecule has 0 amide bonds. The molecule has 0 spiro atoms. The molecule has 1 aliphatic carbocycles. The molecule has 0 heterocycles. The summed E-state index contributed by atoms with van der Waals surface area (Å²) in [5.74, 6) is -0.755. The van der Waals surface area contributed by atoms with Crippen LogP contribution in [0.15, 0.2) is 29.2 Å². The van der Waals surface area contributed by atoms with E-state index in [-0.39, 0.29) is 21.4 Å². The number of hydrogen-bond donors (Lipinski definition) is 1. The van der Waals surface area contributed by atoms with E-state index in [1.807, 2.05) is 0 Å². The predicted octanol–water partition coefficient (Wildman–Crippen LogP) is 3.40. The van der Waals surface area contributed by atoms with Gasteiger partial charge in [-0.2, -0.15) is 0 Å². The van der Waals surface area contributed by atoms with Crippen molar-refractivity contribution < 1.29 is 18.3 Å². The fourth-order valence-electron chi connectivity index (χ4n) is 2.62. The highest BCUT2D eigenvalue weighted by molar-refractivity contribution is 7.90. The highest BCUT2D eigenvalue weighted by atomic mass is 35.5. The molecule has 0 atom stereocenters. The summed E-state index contributed by atoms with van der Waals surface area (Å²) in [5, 5.41) is 9.43. The van der Waals surface area contributed by atoms with E-state index in [4.69, 9.17) is 11.6 Å². The first-order valence-electron chi connectivity index (χ1n) is 6.74. The van der Waals surface area contributed by atoms with Gasteiger partial charge in [0.25, 0.3) is 0 Å². The standard InChI is InChI=1S/C15H17ClO4S/c1-21(19,20)14-7-6-11(9-13(14)16)12(15(17)18)8-10-4-2-3-5-10/h6-10H,2-5H2,1H3,(H,17,18)/b12-8+. The van der Waals surface area contributed by atoms with Gasteiger partial charge in [0.1, 0.15) is 0 Å². The zero-order valence-corrected chi connectivity index (χ0v) is 13.2. The number of carbonyl (C=O) groups is 1. The number of carboxylic acids is 1. The molecule has 0 saturated heterocycles. The Kier molecular flexibility index (Phi) is 4.74. The molecule has 0 radical (unpaired) electrons. The molecule has 1 fully saturated rings. The monoisotopic (exact) mass is 328 g/mol. The van der Waals surface area contributed by atoms with Crippen molar-refractivity contribution in [1.82, 2.24) is 0 Å². The first kappa shape index (κ1) is 16.0. The summed E-state index contributed by atoms with van der Waals surface area (Å²) in [6.45, 7) is 0. The maximum absolute atomic E-state index is 11.5. The second-order valence-corrected chi connectivity index (χ2v) is 7.74. The van der Waals surface area contributed by atoms with Gasteiger partial charge >= 0.3 is 5.97 Å². The first-order valence-corrected chi connectivity index (χ1v) is 9.01. The maximum atomic E-state index is 11.5. The number of allylic oxidation sites excluding steroid dienone is 1. The summed E-state index contributed by atoms with van der Waals surface area (Å²) in [7, 11) is -3.42. The van der Waals surface area contributed by atoms with Gasteiger partial charge in [0.2, 0.25) is 0 Å². The smallest absolute Gasteiger partial charge is 0.335 e. The number of hydrogen-bond acceptors (Lipinski definition) is 3. The Bertz CT molecular complexity index is 686. The highest BCUT2D eigenvalue weighted by Gasteiger charge is 2.19. The van der Waals surface area contributed by atoms with Gasteiger partial charge in [-0.3, -0.25) is 0 Å². The van der Waals surface area contributed by atoms with Crippen LogP contribution in [-0.4, -0.2) is 25.7 Å². The lowest BCUT2D eigenvalue weighted by atomic mass is 9.99. The van der Waals surface area contributed by atoms with Crippen molar-refractivity contribution in [3.63, 3.8) is 0 Å². The van der Waals surface area contributed by atoms with Crippen LogP contribution in [0, 0.1) is 5.92 Å². The molecule has 114 valence electrons. The third-order valence-corrected chi connectivity index (χ3v) is 5.25. The molecule has 1 aliphatic rings. The Balaban J connectivity index is 2.42. The summed E-state index contributed by atoms with van der Waals surface area (Å²) >= 11 is 5.98. The van der Waals surface area contributed by atoms with Crippen LogP contribution in [0.2, 0.25) is 5.02 Å². The molecule has 4 nitrogen and oxygen atoms in total. The van der Waals surface area contributed by atoms with Crippen molar-refractivity contribution in [1.29, 1.82) is 0 Å². The zero-order valence-electron chi connectivity index (χ0n) is 11.7. The van der Waals surface area contributed by atoms with Crippen LogP contribution in [0.25, 0.3) is 5.57 Å². The van der Waals surface area contributed by atoms with E-state index < -0.39 is 15.8 Å². The fraction of sp³-hybridized carbons (Fsp3) is 0.400. The van der Waals surface area contributed by atoms with Crippen molar-refractivity contribution in [3.8, 4) is 0 Å². The molecule has 1 aromatic rings. The Labute approximate surface area is 129 Å². The van der Waals surface area contributed by atoms with Crippen molar-refractivity contribution in [2.75, 3.05) is 6.26 Å². The lowest BCUT2D eigenvalue weighted by Crippen LogP contribution is -2.04. The number of aliphatic carboxylic acids is 1. The summed E-state index contributed by atoms with van der Waals surface area (Å²) in [6, 6.07) is 4.27. The quantitative estimate of drug-likeness (QED) is 0.860. The highest BCUT2D eigenvalue weighted by Crippen LogP contribution is 2.31. The van der Waals surface area contributed by atoms with E-state index in [2.05, 4.69) is 0 Å². The molecule has 1 aromatic carbocycles. The molecule has 1 N–H and O–H groups in total. The van der Waals surface area contributed by atoms with E-state index >= 15 is 0 Å². The topological polar surface area (TPSA) is 71.4 Å². The van der Waals surface area contributed by atoms with Crippen molar-refractivity contribution in [2.45, 2.75) is 30.6 Å². The lowest BCUT2D eigenvalue weighted by Gasteiger charge is -2.09. The number of benzene rings is 1. The molecule has 21 heavy (non-hydrogen) atoms. The van der Waals surface area contributed by atoms with Gasteiger partial charge in [0.05, 0.1) is 15.5 Å². The second kappa shape index (κ2) is 6.20. The third kappa shape index (κ3) is 3.86. The van der Waals surface area contributed by atoms with Crippen molar-refractivity contribution in [2.24, 2.45) is 5.92 Å². The van der Waals surface area contributed by atoms with Gasteiger partial charge in [-0.25, -0.2) is 13.2 Å². The van der Waals surface area contributed by atoms with E-state index in [1.165, 1.54) is 18.2 Å². The Morgan fingerprint density at radius 1 is 1.33 bits per heavy atom. The minimum atomic E-state index is -3.42. The minimum absolute atomic E-state index is 0.0125. The van der Waals surface area contributed by atoms with Crippen molar-refractivity contribution in [3.05, 3.63) is 34.9 Å². The summed E-state index contributed by atoms with van der Waals surface area (Å²) in [4.78, 5) is 11.5. The molecule has 0 aromatic heterocycles. The van der Waals surface area contributed by atoms with E-state index in [9.17, 15) is 18.3 Å². The van der Waals surface area contributed by atoms with Crippen LogP contribution in [0.1, 0.15) is 31.2 Å². The lowest BCUT2D eigenvalue weighted by molar-refractivity contribution is -0.130. The molecule has 6 heteroatoms. The van der Waals surface area contributed by atoms with Gasteiger partial charge in [-0.1, -0.05) is 36.6 Å². The summed E-state index contributed by atoms with van der Waals surface area (Å²) in [6.07, 6.45) is 7.04. The van der Waals surface area contributed by atoms with Crippen LogP contribution >= 0.6 is 11.6 Å².